The van der Waals surface area contributed by atoms with Crippen molar-refractivity contribution in [3.63, 3.8) is 0 Å². The van der Waals surface area contributed by atoms with Crippen LogP contribution in [0.1, 0.15) is 5.56 Å². The number of H-pyrrole nitrogens is 1. The average Bonchev–Trinajstić information content (AvgIpc) is 3.62. The molecule has 0 unspecified atom stereocenters. The highest BCUT2D eigenvalue weighted by atomic mass is 16.5. The molecule has 5 aromatic rings. The number of aromatic nitrogens is 5. The van der Waals surface area contributed by atoms with Gasteiger partial charge in [-0.1, -0.05) is 18.2 Å². The van der Waals surface area contributed by atoms with E-state index >= 15 is 0 Å². The third kappa shape index (κ3) is 4.77. The molecule has 2 saturated heterocycles. The van der Waals surface area contributed by atoms with Gasteiger partial charge in [0.05, 0.1) is 38.3 Å². The highest BCUT2D eigenvalue weighted by molar-refractivity contribution is 5.99. The standard InChI is InChI=1S/C28H29N9O2/c1-2-4-23-22(3-1)21(18-29-23)19-31-33-25-16-28(36-9-13-39-14-10-36)37-27(32-25)15-24(34-37)20-5-6-26(30-17-20)35-7-11-38-12-8-35/h1-6,15-19,29H,7-14H2,(H,32,33)/b31-19+. The maximum Gasteiger partial charge on any atom is 0.160 e. The zero-order valence-electron chi connectivity index (χ0n) is 21.5. The summed E-state index contributed by atoms with van der Waals surface area (Å²) < 4.78 is 12.9. The number of nitrogens with one attached hydrogen (secondary N) is 2. The molecule has 2 aliphatic heterocycles. The summed E-state index contributed by atoms with van der Waals surface area (Å²) >= 11 is 0. The van der Waals surface area contributed by atoms with Crippen LogP contribution in [0.25, 0.3) is 27.8 Å². The van der Waals surface area contributed by atoms with Crippen LogP contribution in [-0.2, 0) is 9.47 Å². The molecule has 39 heavy (non-hydrogen) atoms. The summed E-state index contributed by atoms with van der Waals surface area (Å²) in [6.07, 6.45) is 5.64. The molecule has 2 aliphatic rings. The molecule has 4 aromatic heterocycles. The molecule has 0 saturated carbocycles. The van der Waals surface area contributed by atoms with Gasteiger partial charge in [0.1, 0.15) is 11.6 Å². The molecule has 0 aliphatic carbocycles. The number of fused-ring (bicyclic) bond motifs is 2. The number of rotatable bonds is 6. The molecule has 0 atom stereocenters. The second kappa shape index (κ2) is 10.4. The first kappa shape index (κ1) is 23.6. The van der Waals surface area contributed by atoms with Crippen LogP contribution in [0.4, 0.5) is 17.5 Å². The minimum absolute atomic E-state index is 0.646. The van der Waals surface area contributed by atoms with Gasteiger partial charge >= 0.3 is 0 Å². The summed E-state index contributed by atoms with van der Waals surface area (Å²) in [5.74, 6) is 2.54. The number of para-hydroxylation sites is 1. The van der Waals surface area contributed by atoms with E-state index < -0.39 is 0 Å². The second-order valence-electron chi connectivity index (χ2n) is 9.56. The molecule has 0 amide bonds. The number of hydrazone groups is 1. The Morgan fingerprint density at radius 2 is 1.72 bits per heavy atom. The predicted molar refractivity (Wildman–Crippen MR) is 152 cm³/mol. The Kier molecular flexibility index (Phi) is 6.27. The average molecular weight is 524 g/mol. The quantitative estimate of drug-likeness (QED) is 0.258. The van der Waals surface area contributed by atoms with Crippen molar-refractivity contribution in [2.45, 2.75) is 0 Å². The smallest absolute Gasteiger partial charge is 0.160 e. The van der Waals surface area contributed by atoms with Crippen molar-refractivity contribution in [2.24, 2.45) is 5.10 Å². The van der Waals surface area contributed by atoms with Gasteiger partial charge in [0.2, 0.25) is 0 Å². The molecule has 6 heterocycles. The molecule has 2 fully saturated rings. The van der Waals surface area contributed by atoms with E-state index in [1.165, 1.54) is 0 Å². The molecule has 11 nitrogen and oxygen atoms in total. The molecular formula is C28H29N9O2. The number of morpholine rings is 2. The zero-order chi connectivity index (χ0) is 26.0. The van der Waals surface area contributed by atoms with Gasteiger partial charge < -0.3 is 24.3 Å². The van der Waals surface area contributed by atoms with Gasteiger partial charge in [-0.2, -0.15) is 14.7 Å². The maximum absolute atomic E-state index is 5.59. The van der Waals surface area contributed by atoms with E-state index in [0.717, 1.165) is 84.4 Å². The summed E-state index contributed by atoms with van der Waals surface area (Å²) in [6, 6.07) is 16.3. The number of pyridine rings is 1. The number of ether oxygens (including phenoxy) is 2. The van der Waals surface area contributed by atoms with Crippen molar-refractivity contribution in [3.05, 3.63) is 66.5 Å². The van der Waals surface area contributed by atoms with Gasteiger partial charge in [0, 0.05) is 72.7 Å². The van der Waals surface area contributed by atoms with Crippen molar-refractivity contribution in [3.8, 4) is 11.3 Å². The SMILES string of the molecule is C(=N\Nc1cc(N2CCOCC2)n2nc(-c3ccc(N4CCOCC4)nc3)cc2n1)/c1c[nH]c2ccccc12. The summed E-state index contributed by atoms with van der Waals surface area (Å²) in [7, 11) is 0. The van der Waals surface area contributed by atoms with Crippen LogP contribution >= 0.6 is 0 Å². The van der Waals surface area contributed by atoms with E-state index in [0.29, 0.717) is 19.0 Å². The summed E-state index contributed by atoms with van der Waals surface area (Å²) in [5, 5.41) is 10.5. The lowest BCUT2D eigenvalue weighted by molar-refractivity contribution is 0.122. The third-order valence-electron chi connectivity index (χ3n) is 7.13. The largest absolute Gasteiger partial charge is 0.378 e. The lowest BCUT2D eigenvalue weighted by Crippen LogP contribution is -2.37. The van der Waals surface area contributed by atoms with E-state index in [4.69, 9.17) is 24.5 Å². The van der Waals surface area contributed by atoms with Gasteiger partial charge in [-0.25, -0.2) is 9.97 Å². The first-order valence-electron chi connectivity index (χ1n) is 13.2. The molecule has 198 valence electrons. The van der Waals surface area contributed by atoms with Crippen molar-refractivity contribution < 1.29 is 9.47 Å². The summed E-state index contributed by atoms with van der Waals surface area (Å²) in [6.45, 7) is 6.07. The Labute approximate surface area is 225 Å². The summed E-state index contributed by atoms with van der Waals surface area (Å²) in [5.41, 5.74) is 7.70. The number of hydrogen-bond acceptors (Lipinski definition) is 9. The van der Waals surface area contributed by atoms with E-state index in [-0.39, 0.29) is 0 Å². The zero-order valence-corrected chi connectivity index (χ0v) is 21.5. The van der Waals surface area contributed by atoms with E-state index in [9.17, 15) is 0 Å². The van der Waals surface area contributed by atoms with Crippen LogP contribution in [0, 0.1) is 0 Å². The van der Waals surface area contributed by atoms with Gasteiger partial charge in [-0.05, 0) is 18.2 Å². The first-order chi connectivity index (χ1) is 19.3. The van der Waals surface area contributed by atoms with Crippen molar-refractivity contribution in [1.82, 2.24) is 24.6 Å². The van der Waals surface area contributed by atoms with Crippen LogP contribution in [-0.4, -0.2) is 83.4 Å². The minimum atomic E-state index is 0.646. The van der Waals surface area contributed by atoms with Crippen LogP contribution in [0.2, 0.25) is 0 Å². The number of hydrogen-bond donors (Lipinski definition) is 2. The van der Waals surface area contributed by atoms with E-state index in [2.05, 4.69) is 37.4 Å². The number of nitrogens with zero attached hydrogens (tertiary/aromatic N) is 7. The Balaban J connectivity index is 1.19. The number of benzene rings is 1. The minimum Gasteiger partial charge on any atom is -0.378 e. The van der Waals surface area contributed by atoms with E-state index in [1.807, 2.05) is 59.5 Å². The van der Waals surface area contributed by atoms with Crippen LogP contribution in [0.5, 0.6) is 0 Å². The van der Waals surface area contributed by atoms with Gasteiger partial charge in [-0.15, -0.1) is 0 Å². The van der Waals surface area contributed by atoms with E-state index in [1.54, 1.807) is 0 Å². The molecule has 0 spiro atoms. The molecule has 0 bridgehead atoms. The molecule has 11 heteroatoms. The molecule has 2 N–H and O–H groups in total. The van der Waals surface area contributed by atoms with Crippen LogP contribution in [0.15, 0.2) is 66.0 Å². The van der Waals surface area contributed by atoms with Crippen molar-refractivity contribution in [1.29, 1.82) is 0 Å². The fraction of sp³-hybridized carbons (Fsp3) is 0.286. The second-order valence-corrected chi connectivity index (χ2v) is 9.56. The Morgan fingerprint density at radius 3 is 2.51 bits per heavy atom. The Hall–Kier alpha value is -4.48. The van der Waals surface area contributed by atoms with Gasteiger partial charge in [0.25, 0.3) is 0 Å². The fourth-order valence-corrected chi connectivity index (χ4v) is 5.06. The highest BCUT2D eigenvalue weighted by Gasteiger charge is 2.19. The topological polar surface area (TPSA) is 108 Å². The molecular weight excluding hydrogens is 494 g/mol. The van der Waals surface area contributed by atoms with Gasteiger partial charge in [-0.3, -0.25) is 5.43 Å². The molecule has 1 aromatic carbocycles. The van der Waals surface area contributed by atoms with Crippen molar-refractivity contribution >= 4 is 40.2 Å². The normalized spacial score (nSPS) is 16.5. The molecule has 7 rings (SSSR count). The summed E-state index contributed by atoms with van der Waals surface area (Å²) in [4.78, 5) is 17.3. The lowest BCUT2D eigenvalue weighted by Gasteiger charge is -2.29. The van der Waals surface area contributed by atoms with Crippen LogP contribution < -0.4 is 15.2 Å². The highest BCUT2D eigenvalue weighted by Crippen LogP contribution is 2.27. The Bertz CT molecular complexity index is 1610. The van der Waals surface area contributed by atoms with Gasteiger partial charge in [0.15, 0.2) is 11.5 Å². The maximum atomic E-state index is 5.59. The monoisotopic (exact) mass is 523 g/mol. The third-order valence-corrected chi connectivity index (χ3v) is 7.13. The van der Waals surface area contributed by atoms with Crippen LogP contribution in [0.3, 0.4) is 0 Å². The first-order valence-corrected chi connectivity index (χ1v) is 13.2. The number of aromatic amines is 1. The number of anilines is 3. The molecule has 0 radical (unpaired) electrons. The lowest BCUT2D eigenvalue weighted by atomic mass is 10.2. The predicted octanol–water partition coefficient (Wildman–Crippen LogP) is 3.39. The fourth-order valence-electron chi connectivity index (χ4n) is 5.06. The van der Waals surface area contributed by atoms with Crippen molar-refractivity contribution in [2.75, 3.05) is 67.8 Å². The Morgan fingerprint density at radius 1 is 0.923 bits per heavy atom.